The highest BCUT2D eigenvalue weighted by Crippen LogP contribution is 2.31. The second-order valence-corrected chi connectivity index (χ2v) is 7.70. The normalized spacial score (nSPS) is 14.6. The molecule has 1 aliphatic heterocycles. The maximum Gasteiger partial charge on any atom is 0.344 e. The molecule has 1 aliphatic rings. The average molecular weight is 453 g/mol. The van der Waals surface area contributed by atoms with Gasteiger partial charge in [-0.1, -0.05) is 24.3 Å². The number of halogens is 1. The van der Waals surface area contributed by atoms with Gasteiger partial charge in [-0.2, -0.15) is 0 Å². The van der Waals surface area contributed by atoms with Gasteiger partial charge >= 0.3 is 5.97 Å². The van der Waals surface area contributed by atoms with E-state index < -0.39 is 25.0 Å². The maximum atomic E-state index is 13.6. The third kappa shape index (κ3) is 5.16. The number of carbonyl (C=O) groups is 2. The van der Waals surface area contributed by atoms with Gasteiger partial charge < -0.3 is 23.5 Å². The number of rotatable bonds is 8. The van der Waals surface area contributed by atoms with Crippen LogP contribution >= 0.6 is 0 Å². The number of hydrogen-bond acceptors (Lipinski definition) is 6. The summed E-state index contributed by atoms with van der Waals surface area (Å²) in [7, 11) is 0. The third-order valence-electron chi connectivity index (χ3n) is 5.37. The monoisotopic (exact) mass is 453 g/mol. The SMILES string of the molecule is Cc1cc(C(=O)COC(=O)COc2ccccc2F)c(C)n1CC1COc2ccccc2O1. The van der Waals surface area contributed by atoms with Gasteiger partial charge in [0, 0.05) is 17.0 Å². The van der Waals surface area contributed by atoms with Crippen LogP contribution in [0.2, 0.25) is 0 Å². The Morgan fingerprint density at radius 2 is 1.79 bits per heavy atom. The Kier molecular flexibility index (Phi) is 6.63. The predicted molar refractivity (Wildman–Crippen MR) is 117 cm³/mol. The van der Waals surface area contributed by atoms with Gasteiger partial charge in [0.1, 0.15) is 6.61 Å². The Morgan fingerprint density at radius 3 is 2.58 bits per heavy atom. The van der Waals surface area contributed by atoms with Crippen LogP contribution in [-0.4, -0.2) is 42.2 Å². The molecule has 2 aromatic carbocycles. The minimum atomic E-state index is -0.758. The molecule has 4 rings (SSSR count). The number of nitrogens with zero attached hydrogens (tertiary/aromatic N) is 1. The molecule has 0 radical (unpaired) electrons. The lowest BCUT2D eigenvalue weighted by Crippen LogP contribution is -2.33. The van der Waals surface area contributed by atoms with Crippen LogP contribution in [-0.2, 0) is 16.1 Å². The van der Waals surface area contributed by atoms with E-state index in [1.54, 1.807) is 12.1 Å². The van der Waals surface area contributed by atoms with Gasteiger partial charge in [0.25, 0.3) is 0 Å². The van der Waals surface area contributed by atoms with Gasteiger partial charge in [-0.05, 0) is 44.2 Å². The molecule has 0 saturated carbocycles. The number of aryl methyl sites for hydroxylation is 1. The Morgan fingerprint density at radius 1 is 1.06 bits per heavy atom. The molecule has 0 N–H and O–H groups in total. The van der Waals surface area contributed by atoms with Crippen molar-refractivity contribution in [2.45, 2.75) is 26.5 Å². The molecule has 1 aromatic heterocycles. The standard InChI is InChI=1S/C25H24FNO6/c1-16-11-19(21(28)14-32-25(29)15-31-22-8-4-3-7-20(22)26)17(2)27(16)12-18-13-30-23-9-5-6-10-24(23)33-18/h3-11,18H,12-15H2,1-2H3. The van der Waals surface area contributed by atoms with Crippen molar-refractivity contribution in [2.24, 2.45) is 0 Å². The molecular formula is C25H24FNO6. The number of fused-ring (bicyclic) bond motifs is 1. The van der Waals surface area contributed by atoms with E-state index in [0.29, 0.717) is 30.2 Å². The smallest absolute Gasteiger partial charge is 0.344 e. The van der Waals surface area contributed by atoms with E-state index in [-0.39, 0.29) is 17.6 Å². The van der Waals surface area contributed by atoms with Crippen molar-refractivity contribution in [3.63, 3.8) is 0 Å². The molecule has 33 heavy (non-hydrogen) atoms. The summed E-state index contributed by atoms with van der Waals surface area (Å²) < 4.78 is 37.5. The number of ketones is 1. The molecule has 0 saturated heterocycles. The third-order valence-corrected chi connectivity index (χ3v) is 5.37. The van der Waals surface area contributed by atoms with E-state index in [4.69, 9.17) is 18.9 Å². The molecule has 0 fully saturated rings. The predicted octanol–water partition coefficient (Wildman–Crippen LogP) is 3.89. The molecule has 0 bridgehead atoms. The van der Waals surface area contributed by atoms with Crippen LogP contribution in [0.4, 0.5) is 4.39 Å². The van der Waals surface area contributed by atoms with Gasteiger partial charge in [-0.15, -0.1) is 0 Å². The molecule has 0 aliphatic carbocycles. The van der Waals surface area contributed by atoms with Crippen molar-refractivity contribution in [1.29, 1.82) is 0 Å². The van der Waals surface area contributed by atoms with Crippen molar-refractivity contribution in [2.75, 3.05) is 19.8 Å². The number of aromatic nitrogens is 1. The van der Waals surface area contributed by atoms with Crippen molar-refractivity contribution in [1.82, 2.24) is 4.57 Å². The van der Waals surface area contributed by atoms with Crippen molar-refractivity contribution < 1.29 is 32.9 Å². The van der Waals surface area contributed by atoms with Crippen molar-refractivity contribution >= 4 is 11.8 Å². The second-order valence-electron chi connectivity index (χ2n) is 7.70. The van der Waals surface area contributed by atoms with Gasteiger partial charge in [-0.3, -0.25) is 4.79 Å². The highest BCUT2D eigenvalue weighted by atomic mass is 19.1. The first-order chi connectivity index (χ1) is 15.9. The maximum absolute atomic E-state index is 13.6. The Balaban J connectivity index is 1.33. The zero-order valence-corrected chi connectivity index (χ0v) is 18.4. The Hall–Kier alpha value is -3.81. The van der Waals surface area contributed by atoms with Crippen LogP contribution in [0.3, 0.4) is 0 Å². The summed E-state index contributed by atoms with van der Waals surface area (Å²) >= 11 is 0. The first-order valence-corrected chi connectivity index (χ1v) is 10.5. The number of esters is 1. The summed E-state index contributed by atoms with van der Waals surface area (Å²) in [5.74, 6) is -0.319. The zero-order chi connectivity index (χ0) is 23.4. The Bertz CT molecular complexity index is 1170. The summed E-state index contributed by atoms with van der Waals surface area (Å²) in [6, 6.07) is 15.0. The molecule has 0 amide bonds. The number of para-hydroxylation sites is 3. The fraction of sp³-hybridized carbons (Fsp3) is 0.280. The van der Waals surface area contributed by atoms with Crippen LogP contribution in [0, 0.1) is 19.7 Å². The zero-order valence-electron chi connectivity index (χ0n) is 18.4. The van der Waals surface area contributed by atoms with E-state index in [2.05, 4.69) is 0 Å². The molecule has 1 atom stereocenters. The van der Waals surface area contributed by atoms with Crippen LogP contribution in [0.25, 0.3) is 0 Å². The van der Waals surface area contributed by atoms with Crippen LogP contribution in [0.15, 0.2) is 54.6 Å². The van der Waals surface area contributed by atoms with Gasteiger partial charge in [-0.25, -0.2) is 9.18 Å². The quantitative estimate of drug-likeness (QED) is 0.381. The first kappa shape index (κ1) is 22.4. The summed E-state index contributed by atoms with van der Waals surface area (Å²) in [6.45, 7) is 3.72. The van der Waals surface area contributed by atoms with Crippen molar-refractivity contribution in [3.8, 4) is 17.2 Å². The van der Waals surface area contributed by atoms with Crippen molar-refractivity contribution in [3.05, 3.63) is 77.4 Å². The number of Topliss-reactive ketones (excluding diaryl/α,β-unsaturated/α-hetero) is 1. The van der Waals surface area contributed by atoms with Crippen LogP contribution in [0.5, 0.6) is 17.2 Å². The highest BCUT2D eigenvalue weighted by molar-refractivity contribution is 5.99. The van der Waals surface area contributed by atoms with Gasteiger partial charge in [0.05, 0.1) is 6.54 Å². The molecule has 3 aromatic rings. The van der Waals surface area contributed by atoms with E-state index in [1.807, 2.05) is 42.7 Å². The number of benzene rings is 2. The average Bonchev–Trinajstić information content (AvgIpc) is 3.10. The largest absolute Gasteiger partial charge is 0.486 e. The van der Waals surface area contributed by atoms with E-state index >= 15 is 0 Å². The summed E-state index contributed by atoms with van der Waals surface area (Å²) in [5, 5.41) is 0. The highest BCUT2D eigenvalue weighted by Gasteiger charge is 2.24. The van der Waals surface area contributed by atoms with Crippen LogP contribution < -0.4 is 14.2 Å². The molecule has 8 heteroatoms. The lowest BCUT2D eigenvalue weighted by Gasteiger charge is -2.27. The molecular weight excluding hydrogens is 429 g/mol. The van der Waals surface area contributed by atoms with Crippen LogP contribution in [0.1, 0.15) is 21.7 Å². The topological polar surface area (TPSA) is 76.0 Å². The van der Waals surface area contributed by atoms with E-state index in [9.17, 15) is 14.0 Å². The number of hydrogen-bond donors (Lipinski definition) is 0. The number of ether oxygens (including phenoxy) is 4. The summed E-state index contributed by atoms with van der Waals surface area (Å²) in [5.41, 5.74) is 2.10. The minimum absolute atomic E-state index is 0.0548. The lowest BCUT2D eigenvalue weighted by molar-refractivity contribution is -0.144. The first-order valence-electron chi connectivity index (χ1n) is 10.5. The molecule has 7 nitrogen and oxygen atoms in total. The Labute approximate surface area is 190 Å². The fourth-order valence-electron chi connectivity index (χ4n) is 3.68. The molecule has 2 heterocycles. The number of carbonyl (C=O) groups excluding carboxylic acids is 2. The fourth-order valence-corrected chi connectivity index (χ4v) is 3.68. The molecule has 172 valence electrons. The molecule has 0 spiro atoms. The van der Waals surface area contributed by atoms with E-state index in [1.165, 1.54) is 18.2 Å². The van der Waals surface area contributed by atoms with Gasteiger partial charge in [0.15, 0.2) is 42.4 Å². The lowest BCUT2D eigenvalue weighted by atomic mass is 10.1. The second kappa shape index (κ2) is 9.77. The van der Waals surface area contributed by atoms with E-state index in [0.717, 1.165) is 11.4 Å². The molecule has 1 unspecified atom stereocenters. The summed E-state index contributed by atoms with van der Waals surface area (Å²) in [4.78, 5) is 24.6. The minimum Gasteiger partial charge on any atom is -0.486 e. The summed E-state index contributed by atoms with van der Waals surface area (Å²) in [6.07, 6.45) is -0.207. The van der Waals surface area contributed by atoms with Gasteiger partial charge in [0.2, 0.25) is 5.78 Å².